The standard InChI is InChI=1S/C18H18N6O3S/c1-3-22-13-15(23(4-2)18(22)27)24-16(26)12(28-17(24)21-20-13)11-9-7-5-6-8-10(9)19-14(11)25/h5-8,13,15,20H,3-4H2,1-2H3,(H,19,25)/b12-11-. The Balaban J connectivity index is 1.77. The van der Waals surface area contributed by atoms with Crippen molar-refractivity contribution in [3.63, 3.8) is 0 Å². The SMILES string of the molecule is CCN1C(=O)N(CC)C2C1NN=c1s/c(=C3\C(=O)Nc4ccccc43)c(=O)n12. The molecule has 28 heavy (non-hydrogen) atoms. The quantitative estimate of drug-likeness (QED) is 0.732. The molecule has 4 heterocycles. The number of benzene rings is 1. The maximum atomic E-state index is 13.4. The molecule has 144 valence electrons. The summed E-state index contributed by atoms with van der Waals surface area (Å²) >= 11 is 1.17. The van der Waals surface area contributed by atoms with Crippen molar-refractivity contribution in [2.75, 3.05) is 18.4 Å². The molecule has 0 aliphatic carbocycles. The van der Waals surface area contributed by atoms with Gasteiger partial charge in [0, 0.05) is 24.3 Å². The summed E-state index contributed by atoms with van der Waals surface area (Å²) in [5, 5.41) is 7.14. The second-order valence-electron chi connectivity index (χ2n) is 6.72. The number of para-hydroxylation sites is 1. The fourth-order valence-electron chi connectivity index (χ4n) is 4.11. The fraction of sp³-hybridized carbons (Fsp3) is 0.333. The molecule has 2 aromatic rings. The van der Waals surface area contributed by atoms with Crippen LogP contribution in [0.4, 0.5) is 10.5 Å². The summed E-state index contributed by atoms with van der Waals surface area (Å²) in [6.07, 6.45) is -0.914. The number of nitrogens with zero attached hydrogens (tertiary/aromatic N) is 4. The second-order valence-corrected chi connectivity index (χ2v) is 7.70. The molecule has 1 fully saturated rings. The molecule has 9 nitrogen and oxygen atoms in total. The summed E-state index contributed by atoms with van der Waals surface area (Å²) in [5.74, 6) is -0.299. The van der Waals surface area contributed by atoms with Crippen molar-refractivity contribution in [1.82, 2.24) is 19.8 Å². The smallest absolute Gasteiger partial charge is 0.321 e. The number of thiazole rings is 1. The van der Waals surface area contributed by atoms with Crippen LogP contribution in [0.1, 0.15) is 25.6 Å². The predicted molar refractivity (Wildman–Crippen MR) is 103 cm³/mol. The molecule has 3 amide bonds. The van der Waals surface area contributed by atoms with E-state index in [9.17, 15) is 14.4 Å². The third-order valence-electron chi connectivity index (χ3n) is 5.38. The Bertz CT molecular complexity index is 1200. The highest BCUT2D eigenvalue weighted by molar-refractivity contribution is 7.07. The average molecular weight is 398 g/mol. The molecule has 0 radical (unpaired) electrons. The number of hydrogen-bond donors (Lipinski definition) is 2. The summed E-state index contributed by atoms with van der Waals surface area (Å²) in [5.41, 5.74) is 4.48. The number of carbonyl (C=O) groups excluding carboxylic acids is 2. The van der Waals surface area contributed by atoms with Gasteiger partial charge in [0.1, 0.15) is 4.53 Å². The van der Waals surface area contributed by atoms with Gasteiger partial charge in [0.05, 0.1) is 5.57 Å². The van der Waals surface area contributed by atoms with Crippen molar-refractivity contribution in [1.29, 1.82) is 0 Å². The molecule has 2 atom stereocenters. The fourth-order valence-corrected chi connectivity index (χ4v) is 5.17. The van der Waals surface area contributed by atoms with Gasteiger partial charge in [0.15, 0.2) is 12.3 Å². The minimum Gasteiger partial charge on any atom is -0.321 e. The first-order valence-corrected chi connectivity index (χ1v) is 9.95. The first-order valence-electron chi connectivity index (χ1n) is 9.13. The van der Waals surface area contributed by atoms with Gasteiger partial charge in [-0.15, -0.1) is 5.10 Å². The number of hydrogen-bond acceptors (Lipinski definition) is 6. The highest BCUT2D eigenvalue weighted by atomic mass is 32.1. The highest BCUT2D eigenvalue weighted by Crippen LogP contribution is 2.31. The topological polar surface area (TPSA) is 99.0 Å². The van der Waals surface area contributed by atoms with Gasteiger partial charge in [-0.2, -0.15) is 0 Å². The zero-order chi connectivity index (χ0) is 19.6. The molecule has 0 bridgehead atoms. The molecule has 1 aromatic heterocycles. The molecule has 5 rings (SSSR count). The summed E-state index contributed by atoms with van der Waals surface area (Å²) in [4.78, 5) is 42.5. The first kappa shape index (κ1) is 17.0. The largest absolute Gasteiger partial charge is 0.323 e. The molecule has 0 saturated carbocycles. The number of aromatic nitrogens is 1. The minimum absolute atomic E-state index is 0.133. The summed E-state index contributed by atoms with van der Waals surface area (Å²) < 4.78 is 1.88. The lowest BCUT2D eigenvalue weighted by atomic mass is 10.1. The summed E-state index contributed by atoms with van der Waals surface area (Å²) in [6, 6.07) is 7.16. The monoisotopic (exact) mass is 398 g/mol. The van der Waals surface area contributed by atoms with Crippen LogP contribution in [0.3, 0.4) is 0 Å². The maximum Gasteiger partial charge on any atom is 0.323 e. The molecule has 1 aromatic carbocycles. The molecule has 3 aliphatic heterocycles. The van der Waals surface area contributed by atoms with Crippen molar-refractivity contribution in [3.8, 4) is 0 Å². The third kappa shape index (κ3) is 2.06. The number of nitrogens with one attached hydrogen (secondary N) is 2. The van der Waals surface area contributed by atoms with Crippen LogP contribution in [0.5, 0.6) is 0 Å². The van der Waals surface area contributed by atoms with E-state index in [0.29, 0.717) is 39.2 Å². The van der Waals surface area contributed by atoms with Crippen molar-refractivity contribution in [2.24, 2.45) is 5.10 Å². The number of fused-ring (bicyclic) bond motifs is 4. The Morgan fingerprint density at radius 1 is 1.11 bits per heavy atom. The molecular weight excluding hydrogens is 380 g/mol. The molecule has 0 spiro atoms. The maximum absolute atomic E-state index is 13.4. The van der Waals surface area contributed by atoms with E-state index < -0.39 is 12.3 Å². The van der Waals surface area contributed by atoms with Crippen LogP contribution >= 0.6 is 11.3 Å². The molecule has 10 heteroatoms. The van der Waals surface area contributed by atoms with E-state index in [-0.39, 0.29) is 17.5 Å². The average Bonchev–Trinajstić information content (AvgIpc) is 3.29. The molecular formula is C18H18N6O3S. The van der Waals surface area contributed by atoms with Crippen LogP contribution in [0, 0.1) is 0 Å². The third-order valence-corrected chi connectivity index (χ3v) is 6.43. The van der Waals surface area contributed by atoms with Gasteiger partial charge in [0.2, 0.25) is 4.80 Å². The lowest BCUT2D eigenvalue weighted by molar-refractivity contribution is -0.110. The lowest BCUT2D eigenvalue weighted by Gasteiger charge is -2.29. The lowest BCUT2D eigenvalue weighted by Crippen LogP contribution is -2.53. The van der Waals surface area contributed by atoms with E-state index in [4.69, 9.17) is 0 Å². The van der Waals surface area contributed by atoms with Crippen LogP contribution in [0.2, 0.25) is 0 Å². The van der Waals surface area contributed by atoms with Crippen molar-refractivity contribution >= 4 is 34.5 Å². The molecule has 2 N–H and O–H groups in total. The van der Waals surface area contributed by atoms with Crippen molar-refractivity contribution in [3.05, 3.63) is 49.5 Å². The number of carbonyl (C=O) groups is 2. The van der Waals surface area contributed by atoms with Crippen LogP contribution in [-0.4, -0.2) is 45.6 Å². The number of rotatable bonds is 2. The van der Waals surface area contributed by atoms with Gasteiger partial charge in [-0.05, 0) is 19.9 Å². The first-order chi connectivity index (χ1) is 13.6. The van der Waals surface area contributed by atoms with Gasteiger partial charge >= 0.3 is 6.03 Å². The van der Waals surface area contributed by atoms with Gasteiger partial charge < -0.3 is 5.32 Å². The Labute approximate surface area is 163 Å². The zero-order valence-corrected chi connectivity index (χ0v) is 16.1. The van der Waals surface area contributed by atoms with Crippen molar-refractivity contribution in [2.45, 2.75) is 26.2 Å². The van der Waals surface area contributed by atoms with Crippen molar-refractivity contribution < 1.29 is 9.59 Å². The Kier molecular flexibility index (Phi) is 3.60. The van der Waals surface area contributed by atoms with E-state index >= 15 is 0 Å². The Hall–Kier alpha value is -3.14. The van der Waals surface area contributed by atoms with Gasteiger partial charge in [0.25, 0.3) is 11.5 Å². The van der Waals surface area contributed by atoms with E-state index in [2.05, 4.69) is 15.8 Å². The number of amides is 3. The highest BCUT2D eigenvalue weighted by Gasteiger charge is 2.48. The molecule has 3 aliphatic rings. The summed E-state index contributed by atoms with van der Waals surface area (Å²) in [6.45, 7) is 4.75. The number of anilines is 1. The minimum atomic E-state index is -0.497. The van der Waals surface area contributed by atoms with Gasteiger partial charge in [-0.3, -0.25) is 29.4 Å². The van der Waals surface area contributed by atoms with Gasteiger partial charge in [-0.1, -0.05) is 29.5 Å². The van der Waals surface area contributed by atoms with E-state index in [1.54, 1.807) is 20.4 Å². The number of urea groups is 1. The van der Waals surface area contributed by atoms with Crippen LogP contribution in [0.15, 0.2) is 34.2 Å². The van der Waals surface area contributed by atoms with Gasteiger partial charge in [-0.25, -0.2) is 4.79 Å². The predicted octanol–water partition coefficient (Wildman–Crippen LogP) is -0.199. The summed E-state index contributed by atoms with van der Waals surface area (Å²) in [7, 11) is 0. The molecule has 1 saturated heterocycles. The van der Waals surface area contributed by atoms with Crippen LogP contribution < -0.4 is 25.6 Å². The Morgan fingerprint density at radius 3 is 2.61 bits per heavy atom. The normalized spacial score (nSPS) is 24.4. The number of likely N-dealkylation sites (N-methyl/N-ethyl adjacent to an activating group) is 2. The Morgan fingerprint density at radius 2 is 1.86 bits per heavy atom. The zero-order valence-electron chi connectivity index (χ0n) is 15.3. The van der Waals surface area contributed by atoms with Crippen LogP contribution in [-0.2, 0) is 4.79 Å². The molecule has 2 unspecified atom stereocenters. The van der Waals surface area contributed by atoms with E-state index in [0.717, 1.165) is 0 Å². The van der Waals surface area contributed by atoms with E-state index in [1.165, 1.54) is 11.3 Å². The second kappa shape index (κ2) is 5.93. The van der Waals surface area contributed by atoms with E-state index in [1.807, 2.05) is 32.0 Å². The van der Waals surface area contributed by atoms with Crippen LogP contribution in [0.25, 0.3) is 5.57 Å².